The summed E-state index contributed by atoms with van der Waals surface area (Å²) in [4.78, 5) is 7.42. The van der Waals surface area contributed by atoms with Crippen molar-refractivity contribution in [2.45, 2.75) is 0 Å². The summed E-state index contributed by atoms with van der Waals surface area (Å²) in [5.74, 6) is 0.636. The molecule has 3 nitrogen and oxygen atoms in total. The Morgan fingerprint density at radius 3 is 1.77 bits per heavy atom. The fourth-order valence-electron chi connectivity index (χ4n) is 5.82. The van der Waals surface area contributed by atoms with Gasteiger partial charge in [0, 0.05) is 33.4 Å². The molecule has 8 aromatic rings. The van der Waals surface area contributed by atoms with E-state index in [9.17, 15) is 0 Å². The highest BCUT2D eigenvalue weighted by Gasteiger charge is 2.19. The van der Waals surface area contributed by atoms with E-state index in [1.54, 1.807) is 0 Å². The molecule has 0 atom stereocenters. The minimum atomic E-state index is 0.636. The van der Waals surface area contributed by atoms with Crippen molar-refractivity contribution in [3.8, 4) is 11.5 Å². The van der Waals surface area contributed by atoms with Gasteiger partial charge in [-0.25, -0.2) is 4.98 Å². The third-order valence-corrected chi connectivity index (χ3v) is 7.64. The lowest BCUT2D eigenvalue weighted by atomic mass is 9.95. The summed E-state index contributed by atoms with van der Waals surface area (Å²) in [6.45, 7) is 0. The van der Waals surface area contributed by atoms with Crippen LogP contribution in [0.15, 0.2) is 150 Å². The van der Waals surface area contributed by atoms with Crippen LogP contribution in [-0.2, 0) is 0 Å². The second-order valence-corrected chi connectivity index (χ2v) is 10.0. The van der Waals surface area contributed by atoms with Crippen LogP contribution in [0, 0.1) is 0 Å². The standard InChI is InChI=1S/C37H24N2O/c1-4-12-26(13-5-1)37-38-35-34-31(30-18-10-11-19-32(30)36(35)40-37)23-21-25-20-22-29(24-33(25)34)39(27-14-6-2-7-15-27)28-16-8-3-9-17-28/h1-24H. The molecule has 8 rings (SSSR count). The van der Waals surface area contributed by atoms with E-state index in [0.717, 1.165) is 60.7 Å². The van der Waals surface area contributed by atoms with Crippen molar-refractivity contribution in [1.29, 1.82) is 0 Å². The van der Waals surface area contributed by atoms with Crippen LogP contribution >= 0.6 is 0 Å². The highest BCUT2D eigenvalue weighted by Crippen LogP contribution is 2.42. The van der Waals surface area contributed by atoms with E-state index in [1.807, 2.05) is 30.3 Å². The largest absolute Gasteiger partial charge is 0.435 e. The third-order valence-electron chi connectivity index (χ3n) is 7.64. The van der Waals surface area contributed by atoms with Gasteiger partial charge in [-0.1, -0.05) is 97.1 Å². The van der Waals surface area contributed by atoms with Crippen LogP contribution in [0.25, 0.3) is 54.9 Å². The molecule has 0 radical (unpaired) electrons. The van der Waals surface area contributed by atoms with Crippen LogP contribution < -0.4 is 4.90 Å². The molecule has 7 aromatic carbocycles. The fourth-order valence-corrected chi connectivity index (χ4v) is 5.82. The van der Waals surface area contributed by atoms with E-state index in [1.165, 1.54) is 5.39 Å². The monoisotopic (exact) mass is 512 g/mol. The minimum Gasteiger partial charge on any atom is -0.435 e. The molecule has 40 heavy (non-hydrogen) atoms. The molecule has 0 N–H and O–H groups in total. The Kier molecular flexibility index (Phi) is 5.14. The number of nitrogens with zero attached hydrogens (tertiary/aromatic N) is 2. The van der Waals surface area contributed by atoms with E-state index in [4.69, 9.17) is 9.40 Å². The lowest BCUT2D eigenvalue weighted by Crippen LogP contribution is -2.09. The number of oxazole rings is 1. The Balaban J connectivity index is 1.47. The van der Waals surface area contributed by atoms with Gasteiger partial charge in [0.15, 0.2) is 5.58 Å². The summed E-state index contributed by atoms with van der Waals surface area (Å²) in [7, 11) is 0. The van der Waals surface area contributed by atoms with Gasteiger partial charge in [-0.15, -0.1) is 0 Å². The second kappa shape index (κ2) is 9.11. The van der Waals surface area contributed by atoms with Crippen molar-refractivity contribution >= 4 is 60.5 Å². The van der Waals surface area contributed by atoms with Crippen molar-refractivity contribution in [3.05, 3.63) is 146 Å². The number of fused-ring (bicyclic) bond motifs is 8. The van der Waals surface area contributed by atoms with Crippen LogP contribution in [0.2, 0.25) is 0 Å². The van der Waals surface area contributed by atoms with Crippen LogP contribution in [0.5, 0.6) is 0 Å². The quantitative estimate of drug-likeness (QED) is 0.220. The molecule has 0 aliphatic rings. The Labute approximate surface area is 231 Å². The molecule has 0 saturated carbocycles. The lowest BCUT2D eigenvalue weighted by Gasteiger charge is -2.26. The first-order valence-electron chi connectivity index (χ1n) is 13.5. The topological polar surface area (TPSA) is 29.3 Å². The molecule has 188 valence electrons. The highest BCUT2D eigenvalue weighted by atomic mass is 16.3. The number of hydrogen-bond acceptors (Lipinski definition) is 3. The number of hydrogen-bond donors (Lipinski definition) is 0. The number of rotatable bonds is 4. The Hall–Kier alpha value is -5.41. The molecular weight excluding hydrogens is 488 g/mol. The minimum absolute atomic E-state index is 0.636. The van der Waals surface area contributed by atoms with Crippen LogP contribution in [0.4, 0.5) is 17.1 Å². The van der Waals surface area contributed by atoms with Gasteiger partial charge in [-0.05, 0) is 70.1 Å². The molecule has 0 bridgehead atoms. The second-order valence-electron chi connectivity index (χ2n) is 10.0. The summed E-state index contributed by atoms with van der Waals surface area (Å²) in [6.07, 6.45) is 0. The van der Waals surface area contributed by atoms with E-state index in [0.29, 0.717) is 5.89 Å². The average molecular weight is 513 g/mol. The Morgan fingerprint density at radius 1 is 0.475 bits per heavy atom. The first-order valence-corrected chi connectivity index (χ1v) is 13.5. The smallest absolute Gasteiger partial charge is 0.227 e. The number of aromatic nitrogens is 1. The van der Waals surface area contributed by atoms with Crippen molar-refractivity contribution in [3.63, 3.8) is 0 Å². The van der Waals surface area contributed by atoms with Crippen molar-refractivity contribution in [1.82, 2.24) is 4.98 Å². The van der Waals surface area contributed by atoms with Crippen molar-refractivity contribution in [2.75, 3.05) is 4.90 Å². The summed E-state index contributed by atoms with van der Waals surface area (Å²) in [5, 5.41) is 6.84. The molecule has 0 saturated heterocycles. The number of anilines is 3. The van der Waals surface area contributed by atoms with Gasteiger partial charge >= 0.3 is 0 Å². The average Bonchev–Trinajstić information content (AvgIpc) is 3.48. The molecule has 0 fully saturated rings. The molecule has 0 aliphatic carbocycles. The summed E-state index contributed by atoms with van der Waals surface area (Å²) >= 11 is 0. The fraction of sp³-hybridized carbons (Fsp3) is 0. The Morgan fingerprint density at radius 2 is 1.07 bits per heavy atom. The number of para-hydroxylation sites is 2. The zero-order valence-electron chi connectivity index (χ0n) is 21.7. The summed E-state index contributed by atoms with van der Waals surface area (Å²) in [5.41, 5.74) is 5.99. The van der Waals surface area contributed by atoms with Gasteiger partial charge in [0.25, 0.3) is 0 Å². The molecule has 3 heteroatoms. The van der Waals surface area contributed by atoms with Crippen molar-refractivity contribution in [2.24, 2.45) is 0 Å². The maximum absolute atomic E-state index is 6.52. The zero-order chi connectivity index (χ0) is 26.5. The molecule has 0 aliphatic heterocycles. The summed E-state index contributed by atoms with van der Waals surface area (Å²) < 4.78 is 6.52. The SMILES string of the molecule is c1ccc(-c2nc3c(o2)c2ccccc2c2ccc4ccc(N(c5ccccc5)c5ccccc5)cc4c23)cc1. The van der Waals surface area contributed by atoms with Crippen LogP contribution in [0.1, 0.15) is 0 Å². The predicted molar refractivity (Wildman–Crippen MR) is 167 cm³/mol. The molecule has 1 aromatic heterocycles. The molecule has 0 amide bonds. The number of benzene rings is 7. The normalized spacial score (nSPS) is 11.5. The lowest BCUT2D eigenvalue weighted by molar-refractivity contribution is 0.623. The molecular formula is C37H24N2O. The van der Waals surface area contributed by atoms with Crippen LogP contribution in [-0.4, -0.2) is 4.98 Å². The third kappa shape index (κ3) is 3.56. The van der Waals surface area contributed by atoms with Gasteiger partial charge in [0.1, 0.15) is 5.52 Å². The van der Waals surface area contributed by atoms with Gasteiger partial charge < -0.3 is 9.32 Å². The van der Waals surface area contributed by atoms with Gasteiger partial charge in [-0.2, -0.15) is 0 Å². The van der Waals surface area contributed by atoms with E-state index >= 15 is 0 Å². The van der Waals surface area contributed by atoms with E-state index < -0.39 is 0 Å². The first kappa shape index (κ1) is 22.6. The van der Waals surface area contributed by atoms with Gasteiger partial charge in [0.2, 0.25) is 5.89 Å². The summed E-state index contributed by atoms with van der Waals surface area (Å²) in [6, 6.07) is 50.8. The highest BCUT2D eigenvalue weighted by molar-refractivity contribution is 6.29. The van der Waals surface area contributed by atoms with E-state index in [-0.39, 0.29) is 0 Å². The van der Waals surface area contributed by atoms with Crippen LogP contribution in [0.3, 0.4) is 0 Å². The molecule has 0 unspecified atom stereocenters. The van der Waals surface area contributed by atoms with Gasteiger partial charge in [0.05, 0.1) is 0 Å². The van der Waals surface area contributed by atoms with E-state index in [2.05, 4.69) is 120 Å². The van der Waals surface area contributed by atoms with Crippen molar-refractivity contribution < 1.29 is 4.42 Å². The maximum atomic E-state index is 6.52. The predicted octanol–water partition coefficient (Wildman–Crippen LogP) is 10.4. The zero-order valence-corrected chi connectivity index (χ0v) is 21.7. The molecule has 0 spiro atoms. The van der Waals surface area contributed by atoms with Gasteiger partial charge in [-0.3, -0.25) is 0 Å². The maximum Gasteiger partial charge on any atom is 0.227 e. The Bertz CT molecular complexity index is 2110. The first-order chi connectivity index (χ1) is 19.8. The molecule has 1 heterocycles.